The van der Waals surface area contributed by atoms with Gasteiger partial charge in [-0.2, -0.15) is 0 Å². The van der Waals surface area contributed by atoms with E-state index in [9.17, 15) is 4.79 Å². The van der Waals surface area contributed by atoms with Crippen LogP contribution in [0.4, 0.5) is 0 Å². The fraction of sp³-hybridized carbons (Fsp3) is 0.818. The van der Waals surface area contributed by atoms with Gasteiger partial charge in [-0.1, -0.05) is 12.2 Å². The summed E-state index contributed by atoms with van der Waals surface area (Å²) in [5, 5.41) is 2.84. The van der Waals surface area contributed by atoms with Crippen molar-refractivity contribution in [2.24, 2.45) is 11.1 Å². The van der Waals surface area contributed by atoms with Crippen molar-refractivity contribution in [1.82, 2.24) is 10.2 Å². The monoisotopic (exact) mass is 259 g/mol. The summed E-state index contributed by atoms with van der Waals surface area (Å²) in [6, 6.07) is 0. The minimum Gasteiger partial charge on any atom is -0.392 e. The number of morpholine rings is 1. The molecule has 1 fully saturated rings. The van der Waals surface area contributed by atoms with Crippen LogP contribution >= 0.6 is 12.2 Å². The van der Waals surface area contributed by atoms with E-state index in [2.05, 4.69) is 10.2 Å². The Labute approximate surface area is 108 Å². The fourth-order valence-corrected chi connectivity index (χ4v) is 1.62. The van der Waals surface area contributed by atoms with E-state index in [-0.39, 0.29) is 17.0 Å². The van der Waals surface area contributed by atoms with Crippen LogP contribution in [0.1, 0.15) is 13.8 Å². The van der Waals surface area contributed by atoms with Gasteiger partial charge < -0.3 is 20.7 Å². The Bertz CT molecular complexity index is 307. The van der Waals surface area contributed by atoms with Crippen LogP contribution in [-0.4, -0.2) is 55.2 Å². The van der Waals surface area contributed by atoms with Crippen molar-refractivity contribution in [3.63, 3.8) is 0 Å². The molecule has 0 aromatic rings. The molecule has 0 aromatic heterocycles. The van der Waals surface area contributed by atoms with Crippen LogP contribution in [0, 0.1) is 5.41 Å². The summed E-state index contributed by atoms with van der Waals surface area (Å²) < 4.78 is 5.55. The topological polar surface area (TPSA) is 67.6 Å². The Morgan fingerprint density at radius 2 is 2.29 bits per heavy atom. The van der Waals surface area contributed by atoms with Gasteiger partial charge in [0.05, 0.1) is 23.1 Å². The molecule has 3 N–H and O–H groups in total. The summed E-state index contributed by atoms with van der Waals surface area (Å²) in [5.74, 6) is -0.151. The van der Waals surface area contributed by atoms with Crippen molar-refractivity contribution >= 4 is 23.1 Å². The van der Waals surface area contributed by atoms with Crippen LogP contribution in [0.25, 0.3) is 0 Å². The zero-order chi connectivity index (χ0) is 13.1. The first kappa shape index (κ1) is 14.3. The predicted octanol–water partition coefficient (Wildman–Crippen LogP) is -0.254. The average molecular weight is 259 g/mol. The lowest BCUT2D eigenvalue weighted by molar-refractivity contribution is -0.127. The van der Waals surface area contributed by atoms with Crippen molar-refractivity contribution in [3.8, 4) is 0 Å². The van der Waals surface area contributed by atoms with E-state index in [0.29, 0.717) is 13.2 Å². The van der Waals surface area contributed by atoms with E-state index in [1.807, 2.05) is 7.05 Å². The lowest BCUT2D eigenvalue weighted by Gasteiger charge is -2.31. The summed E-state index contributed by atoms with van der Waals surface area (Å²) in [7, 11) is 2.04. The molecule has 0 saturated carbocycles. The summed E-state index contributed by atoms with van der Waals surface area (Å²) in [5.41, 5.74) is 4.72. The van der Waals surface area contributed by atoms with Gasteiger partial charge in [-0.3, -0.25) is 4.79 Å². The molecule has 17 heavy (non-hydrogen) atoms. The number of ether oxygens (including phenoxy) is 1. The molecular weight excluding hydrogens is 238 g/mol. The SMILES string of the molecule is CN1CCOC(CNC(=O)C(C)(C)C(N)=S)C1. The number of nitrogens with zero attached hydrogens (tertiary/aromatic N) is 1. The Morgan fingerprint density at radius 1 is 1.65 bits per heavy atom. The van der Waals surface area contributed by atoms with Gasteiger partial charge in [-0.15, -0.1) is 0 Å². The van der Waals surface area contributed by atoms with E-state index >= 15 is 0 Å². The lowest BCUT2D eigenvalue weighted by atomic mass is 9.92. The van der Waals surface area contributed by atoms with Gasteiger partial charge in [0.2, 0.25) is 5.91 Å². The van der Waals surface area contributed by atoms with Crippen molar-refractivity contribution in [1.29, 1.82) is 0 Å². The van der Waals surface area contributed by atoms with E-state index in [0.717, 1.165) is 13.1 Å². The van der Waals surface area contributed by atoms with Crippen LogP contribution in [-0.2, 0) is 9.53 Å². The molecule has 1 aliphatic rings. The highest BCUT2D eigenvalue weighted by Crippen LogP contribution is 2.15. The molecule has 1 saturated heterocycles. The van der Waals surface area contributed by atoms with Crippen LogP contribution in [0.15, 0.2) is 0 Å². The average Bonchev–Trinajstić information content (AvgIpc) is 2.25. The molecule has 1 heterocycles. The zero-order valence-corrected chi connectivity index (χ0v) is 11.5. The first-order valence-electron chi connectivity index (χ1n) is 5.72. The third-order valence-electron chi connectivity index (χ3n) is 3.02. The minimum absolute atomic E-state index is 0.0415. The first-order valence-corrected chi connectivity index (χ1v) is 6.13. The number of carbonyl (C=O) groups excluding carboxylic acids is 1. The van der Waals surface area contributed by atoms with Gasteiger partial charge in [0.15, 0.2) is 0 Å². The number of thiocarbonyl (C=S) groups is 1. The molecule has 1 aliphatic heterocycles. The Kier molecular flexibility index (Phi) is 4.85. The second-order valence-corrected chi connectivity index (χ2v) is 5.39. The maximum atomic E-state index is 11.9. The Morgan fingerprint density at radius 3 is 2.82 bits per heavy atom. The molecule has 0 bridgehead atoms. The molecule has 0 aromatic carbocycles. The number of rotatable bonds is 4. The quantitative estimate of drug-likeness (QED) is 0.681. The van der Waals surface area contributed by atoms with Crippen molar-refractivity contribution in [3.05, 3.63) is 0 Å². The second-order valence-electron chi connectivity index (χ2n) is 4.95. The van der Waals surface area contributed by atoms with Gasteiger partial charge in [0.1, 0.15) is 0 Å². The normalized spacial score (nSPS) is 22.2. The summed E-state index contributed by atoms with van der Waals surface area (Å²) in [6.07, 6.45) is 0.0415. The fourth-order valence-electron chi connectivity index (χ4n) is 1.53. The predicted molar refractivity (Wildman–Crippen MR) is 70.8 cm³/mol. The smallest absolute Gasteiger partial charge is 0.232 e. The van der Waals surface area contributed by atoms with Gasteiger partial charge in [-0.25, -0.2) is 0 Å². The van der Waals surface area contributed by atoms with Crippen LogP contribution in [0.5, 0.6) is 0 Å². The van der Waals surface area contributed by atoms with E-state index in [1.54, 1.807) is 13.8 Å². The Hall–Kier alpha value is -0.720. The molecule has 0 spiro atoms. The standard InChI is InChI=1S/C11H21N3O2S/c1-11(2,9(12)17)10(15)13-6-8-7-14(3)4-5-16-8/h8H,4-7H2,1-3H3,(H2,12,17)(H,13,15). The van der Waals surface area contributed by atoms with Crippen LogP contribution in [0.3, 0.4) is 0 Å². The number of nitrogens with one attached hydrogen (secondary N) is 1. The van der Waals surface area contributed by atoms with Gasteiger partial charge >= 0.3 is 0 Å². The molecule has 1 amide bonds. The van der Waals surface area contributed by atoms with E-state index < -0.39 is 5.41 Å². The number of hydrogen-bond acceptors (Lipinski definition) is 4. The number of carbonyl (C=O) groups is 1. The van der Waals surface area contributed by atoms with Crippen molar-refractivity contribution in [2.45, 2.75) is 20.0 Å². The molecule has 6 heteroatoms. The highest BCUT2D eigenvalue weighted by atomic mass is 32.1. The molecule has 1 unspecified atom stereocenters. The third kappa shape index (κ3) is 3.90. The second kappa shape index (κ2) is 5.75. The molecule has 98 valence electrons. The highest BCUT2D eigenvalue weighted by molar-refractivity contribution is 7.80. The maximum absolute atomic E-state index is 11.9. The van der Waals surface area contributed by atoms with Gasteiger partial charge in [-0.05, 0) is 20.9 Å². The van der Waals surface area contributed by atoms with Gasteiger partial charge in [0.25, 0.3) is 0 Å². The summed E-state index contributed by atoms with van der Waals surface area (Å²) >= 11 is 4.87. The first-order chi connectivity index (χ1) is 7.84. The lowest BCUT2D eigenvalue weighted by Crippen LogP contribution is -2.50. The number of likely N-dealkylation sites (N-methyl/N-ethyl adjacent to an activating group) is 1. The number of hydrogen-bond donors (Lipinski definition) is 2. The summed E-state index contributed by atoms with van der Waals surface area (Å²) in [4.78, 5) is 14.3. The van der Waals surface area contributed by atoms with Gasteiger partial charge in [0, 0.05) is 19.6 Å². The molecule has 1 atom stereocenters. The van der Waals surface area contributed by atoms with E-state index in [1.165, 1.54) is 0 Å². The highest BCUT2D eigenvalue weighted by Gasteiger charge is 2.31. The van der Waals surface area contributed by atoms with Crippen LogP contribution in [0.2, 0.25) is 0 Å². The van der Waals surface area contributed by atoms with Crippen molar-refractivity contribution in [2.75, 3.05) is 33.3 Å². The van der Waals surface area contributed by atoms with E-state index in [4.69, 9.17) is 22.7 Å². The molecular formula is C11H21N3O2S. The zero-order valence-electron chi connectivity index (χ0n) is 10.7. The minimum atomic E-state index is -0.810. The molecule has 0 aliphatic carbocycles. The maximum Gasteiger partial charge on any atom is 0.232 e. The molecule has 5 nitrogen and oxygen atoms in total. The number of amides is 1. The Balaban J connectivity index is 2.40. The largest absolute Gasteiger partial charge is 0.392 e. The molecule has 0 radical (unpaired) electrons. The third-order valence-corrected chi connectivity index (χ3v) is 3.53. The van der Waals surface area contributed by atoms with Crippen LogP contribution < -0.4 is 11.1 Å². The number of nitrogens with two attached hydrogens (primary N) is 1. The molecule has 1 rings (SSSR count). The van der Waals surface area contributed by atoms with Crippen molar-refractivity contribution < 1.29 is 9.53 Å². The summed E-state index contributed by atoms with van der Waals surface area (Å²) in [6.45, 7) is 6.40.